The van der Waals surface area contributed by atoms with Gasteiger partial charge in [-0.1, -0.05) is 0 Å². The van der Waals surface area contributed by atoms with Crippen LogP contribution in [0.4, 0.5) is 5.95 Å². The van der Waals surface area contributed by atoms with Crippen LogP contribution >= 0.6 is 0 Å². The van der Waals surface area contributed by atoms with Crippen LogP contribution in [-0.2, 0) is 21.3 Å². The van der Waals surface area contributed by atoms with E-state index in [-0.39, 0.29) is 5.97 Å². The van der Waals surface area contributed by atoms with Gasteiger partial charge < -0.3 is 18.9 Å². The molecule has 0 bridgehead atoms. The number of carbonyl (C=O) groups excluding carboxylic acids is 1. The highest BCUT2D eigenvalue weighted by Crippen LogP contribution is 2.10. The lowest BCUT2D eigenvalue weighted by molar-refractivity contribution is -0.140. The molecule has 0 aromatic carbocycles. The number of hydrogen-bond donors (Lipinski definition) is 0. The maximum absolute atomic E-state index is 11.1. The van der Waals surface area contributed by atoms with Gasteiger partial charge in [-0.05, 0) is 0 Å². The third-order valence-electron chi connectivity index (χ3n) is 2.46. The number of hydrogen-bond acceptors (Lipinski definition) is 5. The Bertz CT molecular complexity index is 351. The van der Waals surface area contributed by atoms with Crippen LogP contribution < -0.4 is 4.90 Å². The van der Waals surface area contributed by atoms with E-state index >= 15 is 0 Å². The predicted molar refractivity (Wildman–Crippen MR) is 63.9 cm³/mol. The Morgan fingerprint density at radius 3 is 2.76 bits per heavy atom. The summed E-state index contributed by atoms with van der Waals surface area (Å²) < 4.78 is 11.6. The van der Waals surface area contributed by atoms with Gasteiger partial charge in [-0.3, -0.25) is 4.79 Å². The summed E-state index contributed by atoms with van der Waals surface area (Å²) >= 11 is 0. The SMILES string of the molecule is COCCN(CCC(=O)OC)c1nccn1C. The molecule has 1 heterocycles. The molecule has 0 aliphatic heterocycles. The maximum Gasteiger partial charge on any atom is 0.307 e. The van der Waals surface area contributed by atoms with E-state index in [9.17, 15) is 4.79 Å². The normalized spacial score (nSPS) is 10.3. The van der Waals surface area contributed by atoms with Gasteiger partial charge in [0.2, 0.25) is 5.95 Å². The molecule has 0 saturated heterocycles. The monoisotopic (exact) mass is 241 g/mol. The fraction of sp³-hybridized carbons (Fsp3) is 0.636. The van der Waals surface area contributed by atoms with Gasteiger partial charge in [0.15, 0.2) is 0 Å². The Balaban J connectivity index is 2.61. The van der Waals surface area contributed by atoms with Crippen molar-refractivity contribution in [2.24, 2.45) is 7.05 Å². The van der Waals surface area contributed by atoms with Gasteiger partial charge >= 0.3 is 5.97 Å². The molecule has 0 spiro atoms. The quantitative estimate of drug-likeness (QED) is 0.648. The number of rotatable bonds is 7. The van der Waals surface area contributed by atoms with Crippen molar-refractivity contribution in [3.8, 4) is 0 Å². The van der Waals surface area contributed by atoms with E-state index in [1.807, 2.05) is 22.7 Å². The molecule has 1 rings (SSSR count). The van der Waals surface area contributed by atoms with Gasteiger partial charge in [-0.2, -0.15) is 0 Å². The molecule has 0 aliphatic carbocycles. The number of nitrogens with zero attached hydrogens (tertiary/aromatic N) is 3. The van der Waals surface area contributed by atoms with Crippen molar-refractivity contribution in [1.82, 2.24) is 9.55 Å². The average molecular weight is 241 g/mol. The van der Waals surface area contributed by atoms with E-state index in [4.69, 9.17) is 4.74 Å². The summed E-state index contributed by atoms with van der Waals surface area (Å²) in [6, 6.07) is 0. The van der Waals surface area contributed by atoms with Crippen LogP contribution in [0.25, 0.3) is 0 Å². The van der Waals surface area contributed by atoms with Gasteiger partial charge in [0.05, 0.1) is 20.1 Å². The predicted octanol–water partition coefficient (Wildman–Crippen LogP) is 0.436. The standard InChI is InChI=1S/C11H19N3O3/c1-13-7-5-12-11(13)14(8-9-16-2)6-4-10(15)17-3/h5,7H,4,6,8-9H2,1-3H3. The minimum absolute atomic E-state index is 0.221. The highest BCUT2D eigenvalue weighted by molar-refractivity contribution is 5.69. The van der Waals surface area contributed by atoms with E-state index in [2.05, 4.69) is 9.72 Å². The van der Waals surface area contributed by atoms with Crippen LogP contribution in [-0.4, -0.2) is 49.4 Å². The molecule has 0 saturated carbocycles. The molecule has 0 aliphatic rings. The Morgan fingerprint density at radius 2 is 2.24 bits per heavy atom. The van der Waals surface area contributed by atoms with E-state index in [1.165, 1.54) is 7.11 Å². The number of anilines is 1. The second-order valence-corrected chi connectivity index (χ2v) is 3.64. The zero-order chi connectivity index (χ0) is 12.7. The number of ether oxygens (including phenoxy) is 2. The maximum atomic E-state index is 11.1. The Hall–Kier alpha value is -1.56. The summed E-state index contributed by atoms with van der Waals surface area (Å²) in [5.41, 5.74) is 0. The number of esters is 1. The summed E-state index contributed by atoms with van der Waals surface area (Å²) in [4.78, 5) is 17.4. The number of methoxy groups -OCH3 is 2. The first-order chi connectivity index (χ1) is 8.19. The molecular weight excluding hydrogens is 222 g/mol. The second kappa shape index (κ2) is 6.90. The number of aromatic nitrogens is 2. The fourth-order valence-corrected chi connectivity index (χ4v) is 1.50. The third-order valence-corrected chi connectivity index (χ3v) is 2.46. The summed E-state index contributed by atoms with van der Waals surface area (Å²) in [7, 11) is 4.96. The van der Waals surface area contributed by atoms with E-state index in [0.29, 0.717) is 26.1 Å². The van der Waals surface area contributed by atoms with Gasteiger partial charge in [-0.25, -0.2) is 4.98 Å². The summed E-state index contributed by atoms with van der Waals surface area (Å²) in [6.45, 7) is 1.85. The van der Waals surface area contributed by atoms with E-state index in [0.717, 1.165) is 5.95 Å². The molecule has 0 unspecified atom stereocenters. The number of carbonyl (C=O) groups is 1. The molecule has 17 heavy (non-hydrogen) atoms. The van der Waals surface area contributed by atoms with Crippen LogP contribution in [0.3, 0.4) is 0 Å². The molecule has 0 radical (unpaired) electrons. The van der Waals surface area contributed by atoms with Crippen molar-refractivity contribution >= 4 is 11.9 Å². The zero-order valence-corrected chi connectivity index (χ0v) is 10.5. The lowest BCUT2D eigenvalue weighted by Gasteiger charge is -2.22. The molecular formula is C11H19N3O3. The second-order valence-electron chi connectivity index (χ2n) is 3.64. The van der Waals surface area contributed by atoms with Crippen LogP contribution in [0.2, 0.25) is 0 Å². The zero-order valence-electron chi connectivity index (χ0n) is 10.5. The van der Waals surface area contributed by atoms with Crippen molar-refractivity contribution in [2.45, 2.75) is 6.42 Å². The van der Waals surface area contributed by atoms with Crippen molar-refractivity contribution in [1.29, 1.82) is 0 Å². The molecule has 0 N–H and O–H groups in total. The van der Waals surface area contributed by atoms with Crippen molar-refractivity contribution < 1.29 is 14.3 Å². The van der Waals surface area contributed by atoms with Gasteiger partial charge in [-0.15, -0.1) is 0 Å². The number of imidazole rings is 1. The van der Waals surface area contributed by atoms with Crippen LogP contribution in [0.5, 0.6) is 0 Å². The Morgan fingerprint density at radius 1 is 1.47 bits per heavy atom. The highest BCUT2D eigenvalue weighted by Gasteiger charge is 2.12. The van der Waals surface area contributed by atoms with Crippen molar-refractivity contribution in [2.75, 3.05) is 38.8 Å². The molecule has 96 valence electrons. The van der Waals surface area contributed by atoms with Crippen LogP contribution in [0.1, 0.15) is 6.42 Å². The first-order valence-corrected chi connectivity index (χ1v) is 5.47. The lowest BCUT2D eigenvalue weighted by atomic mass is 10.4. The molecule has 0 amide bonds. The number of aryl methyl sites for hydroxylation is 1. The lowest BCUT2D eigenvalue weighted by Crippen LogP contribution is -2.32. The molecule has 1 aromatic heterocycles. The molecule has 0 fully saturated rings. The molecule has 6 nitrogen and oxygen atoms in total. The van der Waals surface area contributed by atoms with E-state index in [1.54, 1.807) is 13.3 Å². The minimum Gasteiger partial charge on any atom is -0.469 e. The topological polar surface area (TPSA) is 56.6 Å². The van der Waals surface area contributed by atoms with Gasteiger partial charge in [0.25, 0.3) is 0 Å². The summed E-state index contributed by atoms with van der Waals surface area (Å²) in [5.74, 6) is 0.604. The molecule has 6 heteroatoms. The average Bonchev–Trinajstić information content (AvgIpc) is 2.75. The summed E-state index contributed by atoms with van der Waals surface area (Å²) in [6.07, 6.45) is 3.94. The summed E-state index contributed by atoms with van der Waals surface area (Å²) in [5, 5.41) is 0. The minimum atomic E-state index is -0.221. The Labute approximate surface area is 101 Å². The molecule has 0 atom stereocenters. The van der Waals surface area contributed by atoms with Crippen molar-refractivity contribution in [3.63, 3.8) is 0 Å². The molecule has 1 aromatic rings. The smallest absolute Gasteiger partial charge is 0.307 e. The van der Waals surface area contributed by atoms with Crippen molar-refractivity contribution in [3.05, 3.63) is 12.4 Å². The van der Waals surface area contributed by atoms with E-state index < -0.39 is 0 Å². The first-order valence-electron chi connectivity index (χ1n) is 5.47. The van der Waals surface area contributed by atoms with Gasteiger partial charge in [0, 0.05) is 39.6 Å². The third kappa shape index (κ3) is 4.07. The largest absolute Gasteiger partial charge is 0.469 e. The highest BCUT2D eigenvalue weighted by atomic mass is 16.5. The van der Waals surface area contributed by atoms with Gasteiger partial charge in [0.1, 0.15) is 0 Å². The Kier molecular flexibility index (Phi) is 5.48. The van der Waals surface area contributed by atoms with Crippen LogP contribution in [0.15, 0.2) is 12.4 Å². The fourth-order valence-electron chi connectivity index (χ4n) is 1.50. The van der Waals surface area contributed by atoms with Crippen LogP contribution in [0, 0.1) is 0 Å². The first kappa shape index (κ1) is 13.5.